The molecule has 0 saturated heterocycles. The molecule has 16 heavy (non-hydrogen) atoms. The molecule has 1 aromatic carbocycles. The van der Waals surface area contributed by atoms with Gasteiger partial charge in [-0.25, -0.2) is 0 Å². The molecular weight excluding hydrogens is 218 g/mol. The number of ether oxygens (including phenoxy) is 1. The maximum atomic E-state index is 5.44. The third kappa shape index (κ3) is 1.82. The first-order chi connectivity index (χ1) is 7.69. The van der Waals surface area contributed by atoms with Gasteiger partial charge < -0.3 is 10.1 Å². The van der Waals surface area contributed by atoms with Crippen LogP contribution in [0.25, 0.3) is 0 Å². The molecule has 0 saturated carbocycles. The number of benzene rings is 1. The van der Waals surface area contributed by atoms with Crippen molar-refractivity contribution in [2.75, 3.05) is 14.2 Å². The highest BCUT2D eigenvalue weighted by Gasteiger charge is 2.32. The van der Waals surface area contributed by atoms with E-state index in [0.29, 0.717) is 17.2 Å². The smallest absolute Gasteiger partial charge is 0.132 e. The third-order valence-corrected chi connectivity index (χ3v) is 4.92. The van der Waals surface area contributed by atoms with Gasteiger partial charge in [0.15, 0.2) is 0 Å². The van der Waals surface area contributed by atoms with Gasteiger partial charge in [-0.05, 0) is 24.6 Å². The highest BCUT2D eigenvalue weighted by Crippen LogP contribution is 2.47. The van der Waals surface area contributed by atoms with Gasteiger partial charge in [-0.1, -0.05) is 26.0 Å². The van der Waals surface area contributed by atoms with E-state index in [9.17, 15) is 0 Å². The Labute approximate surface area is 102 Å². The molecule has 3 heteroatoms. The van der Waals surface area contributed by atoms with Gasteiger partial charge in [0.2, 0.25) is 0 Å². The molecule has 0 amide bonds. The summed E-state index contributed by atoms with van der Waals surface area (Å²) in [5.74, 6) is 1.64. The van der Waals surface area contributed by atoms with E-state index in [1.54, 1.807) is 7.11 Å². The zero-order chi connectivity index (χ0) is 11.7. The van der Waals surface area contributed by atoms with Crippen molar-refractivity contribution in [1.82, 2.24) is 5.32 Å². The van der Waals surface area contributed by atoms with Gasteiger partial charge in [-0.15, -0.1) is 11.8 Å². The van der Waals surface area contributed by atoms with Crippen molar-refractivity contribution in [2.45, 2.75) is 30.0 Å². The summed E-state index contributed by atoms with van der Waals surface area (Å²) < 4.78 is 5.44. The lowest BCUT2D eigenvalue weighted by Crippen LogP contribution is -2.32. The Morgan fingerprint density at radius 3 is 2.69 bits per heavy atom. The Morgan fingerprint density at radius 2 is 2.06 bits per heavy atom. The van der Waals surface area contributed by atoms with E-state index in [1.807, 2.05) is 24.9 Å². The molecule has 0 aliphatic carbocycles. The second kappa shape index (κ2) is 4.68. The SMILES string of the molecule is CNC1c2cccc(OC)c2SC(C)C1C. The number of hydrogen-bond acceptors (Lipinski definition) is 3. The van der Waals surface area contributed by atoms with Crippen LogP contribution >= 0.6 is 11.8 Å². The number of hydrogen-bond donors (Lipinski definition) is 1. The second-order valence-electron chi connectivity index (χ2n) is 4.33. The summed E-state index contributed by atoms with van der Waals surface area (Å²) in [4.78, 5) is 1.30. The van der Waals surface area contributed by atoms with Crippen molar-refractivity contribution in [3.05, 3.63) is 23.8 Å². The van der Waals surface area contributed by atoms with Crippen molar-refractivity contribution in [3.8, 4) is 5.75 Å². The minimum Gasteiger partial charge on any atom is -0.496 e. The summed E-state index contributed by atoms with van der Waals surface area (Å²) in [7, 11) is 3.78. The van der Waals surface area contributed by atoms with E-state index in [2.05, 4.69) is 31.3 Å². The van der Waals surface area contributed by atoms with Gasteiger partial charge in [-0.2, -0.15) is 0 Å². The molecule has 1 aliphatic rings. The number of rotatable bonds is 2. The average molecular weight is 237 g/mol. The molecule has 0 aromatic heterocycles. The van der Waals surface area contributed by atoms with E-state index in [4.69, 9.17) is 4.74 Å². The molecule has 3 atom stereocenters. The van der Waals surface area contributed by atoms with Gasteiger partial charge in [0, 0.05) is 11.3 Å². The molecule has 2 nitrogen and oxygen atoms in total. The van der Waals surface area contributed by atoms with Crippen LogP contribution in [0.1, 0.15) is 25.5 Å². The van der Waals surface area contributed by atoms with E-state index < -0.39 is 0 Å². The lowest BCUT2D eigenvalue weighted by atomic mass is 9.91. The Morgan fingerprint density at radius 1 is 1.31 bits per heavy atom. The number of nitrogens with one attached hydrogen (secondary N) is 1. The summed E-state index contributed by atoms with van der Waals surface area (Å²) in [6.07, 6.45) is 0. The largest absolute Gasteiger partial charge is 0.496 e. The van der Waals surface area contributed by atoms with Gasteiger partial charge in [0.25, 0.3) is 0 Å². The zero-order valence-corrected chi connectivity index (χ0v) is 11.1. The van der Waals surface area contributed by atoms with Crippen LogP contribution in [0.5, 0.6) is 5.75 Å². The molecular formula is C13H19NOS. The van der Waals surface area contributed by atoms with Gasteiger partial charge in [0.05, 0.1) is 12.0 Å². The maximum Gasteiger partial charge on any atom is 0.132 e. The first-order valence-corrected chi connectivity index (χ1v) is 6.57. The summed E-state index contributed by atoms with van der Waals surface area (Å²) in [5.41, 5.74) is 1.37. The molecule has 0 spiro atoms. The Hall–Kier alpha value is -0.670. The molecule has 1 N–H and O–H groups in total. The van der Waals surface area contributed by atoms with Crippen LogP contribution in [-0.4, -0.2) is 19.4 Å². The summed E-state index contributed by atoms with van der Waals surface area (Å²) in [5, 5.41) is 4.03. The molecule has 0 radical (unpaired) electrons. The second-order valence-corrected chi connectivity index (χ2v) is 5.71. The summed E-state index contributed by atoms with van der Waals surface area (Å²) in [6.45, 7) is 4.59. The Bertz CT molecular complexity index is 380. The van der Waals surface area contributed by atoms with E-state index in [1.165, 1.54) is 10.5 Å². The van der Waals surface area contributed by atoms with Crippen LogP contribution in [0.2, 0.25) is 0 Å². The van der Waals surface area contributed by atoms with Crippen LogP contribution < -0.4 is 10.1 Å². The normalized spacial score (nSPS) is 28.6. The highest BCUT2D eigenvalue weighted by molar-refractivity contribution is 8.00. The zero-order valence-electron chi connectivity index (χ0n) is 10.3. The number of methoxy groups -OCH3 is 1. The van der Waals surface area contributed by atoms with Crippen LogP contribution in [-0.2, 0) is 0 Å². The van der Waals surface area contributed by atoms with Crippen molar-refractivity contribution in [3.63, 3.8) is 0 Å². The lowest BCUT2D eigenvalue weighted by molar-refractivity contribution is 0.375. The van der Waals surface area contributed by atoms with E-state index in [-0.39, 0.29) is 0 Å². The van der Waals surface area contributed by atoms with Gasteiger partial charge in [-0.3, -0.25) is 0 Å². The van der Waals surface area contributed by atoms with Gasteiger partial charge >= 0.3 is 0 Å². The summed E-state index contributed by atoms with van der Waals surface area (Å²) in [6, 6.07) is 6.75. The topological polar surface area (TPSA) is 21.3 Å². The lowest BCUT2D eigenvalue weighted by Gasteiger charge is -2.35. The standard InChI is InChI=1S/C13H19NOS/c1-8-9(2)16-13-10(12(8)14-3)6-5-7-11(13)15-4/h5-9,12,14H,1-4H3. The van der Waals surface area contributed by atoms with Crippen LogP contribution in [0.3, 0.4) is 0 Å². The molecule has 1 heterocycles. The predicted molar refractivity (Wildman–Crippen MR) is 69.3 cm³/mol. The van der Waals surface area contributed by atoms with Crippen LogP contribution in [0.4, 0.5) is 0 Å². The number of fused-ring (bicyclic) bond motifs is 1. The molecule has 0 fully saturated rings. The van der Waals surface area contributed by atoms with E-state index >= 15 is 0 Å². The van der Waals surface area contributed by atoms with Crippen molar-refractivity contribution in [1.29, 1.82) is 0 Å². The quantitative estimate of drug-likeness (QED) is 0.854. The van der Waals surface area contributed by atoms with Crippen molar-refractivity contribution < 1.29 is 4.74 Å². The fraction of sp³-hybridized carbons (Fsp3) is 0.538. The summed E-state index contributed by atoms with van der Waals surface area (Å²) >= 11 is 1.93. The maximum absolute atomic E-state index is 5.44. The Balaban J connectivity index is 2.49. The molecule has 2 rings (SSSR count). The molecule has 3 unspecified atom stereocenters. The first-order valence-electron chi connectivity index (χ1n) is 5.69. The fourth-order valence-electron chi connectivity index (χ4n) is 2.33. The van der Waals surface area contributed by atoms with Crippen LogP contribution in [0.15, 0.2) is 23.1 Å². The van der Waals surface area contributed by atoms with Crippen molar-refractivity contribution >= 4 is 11.8 Å². The first kappa shape index (κ1) is 11.8. The average Bonchev–Trinajstić information content (AvgIpc) is 2.30. The fourth-order valence-corrected chi connectivity index (χ4v) is 3.67. The highest BCUT2D eigenvalue weighted by atomic mass is 32.2. The van der Waals surface area contributed by atoms with Gasteiger partial charge in [0.1, 0.15) is 5.75 Å². The minimum atomic E-state index is 0.432. The van der Waals surface area contributed by atoms with Crippen LogP contribution in [0, 0.1) is 5.92 Å². The number of thioether (sulfide) groups is 1. The molecule has 0 bridgehead atoms. The monoisotopic (exact) mass is 237 g/mol. The Kier molecular flexibility index (Phi) is 3.45. The third-order valence-electron chi connectivity index (χ3n) is 3.45. The predicted octanol–water partition coefficient (Wildman–Crippen LogP) is 3.09. The molecule has 88 valence electrons. The minimum absolute atomic E-state index is 0.432. The molecule has 1 aromatic rings. The van der Waals surface area contributed by atoms with E-state index in [0.717, 1.165) is 5.75 Å². The van der Waals surface area contributed by atoms with Crippen molar-refractivity contribution in [2.24, 2.45) is 5.92 Å². The molecule has 1 aliphatic heterocycles.